The summed E-state index contributed by atoms with van der Waals surface area (Å²) in [5, 5.41) is 13.3. The zero-order valence-electron chi connectivity index (χ0n) is 10.3. The van der Waals surface area contributed by atoms with E-state index in [0.29, 0.717) is 10.8 Å². The number of carboxylic acid groups (broad SMARTS) is 1. The van der Waals surface area contributed by atoms with Crippen LogP contribution in [0.25, 0.3) is 0 Å². The van der Waals surface area contributed by atoms with Crippen LogP contribution in [0.2, 0.25) is 10.0 Å². The number of rotatable bonds is 5. The van der Waals surface area contributed by atoms with Gasteiger partial charge in [-0.1, -0.05) is 23.2 Å². The Morgan fingerprint density at radius 2 is 2.14 bits per heavy atom. The van der Waals surface area contributed by atoms with Crippen molar-refractivity contribution in [3.05, 3.63) is 38.6 Å². The molecule has 21 heavy (non-hydrogen) atoms. The maximum atomic E-state index is 11.7. The van der Waals surface area contributed by atoms with Crippen LogP contribution in [0.1, 0.15) is 9.67 Å². The number of ether oxygens (including phenoxy) is 1. The summed E-state index contributed by atoms with van der Waals surface area (Å²) < 4.78 is 5.17. The van der Waals surface area contributed by atoms with Crippen molar-refractivity contribution in [2.45, 2.75) is 0 Å². The Morgan fingerprint density at radius 3 is 2.76 bits per heavy atom. The molecule has 0 spiro atoms. The van der Waals surface area contributed by atoms with Crippen molar-refractivity contribution in [1.82, 2.24) is 4.98 Å². The lowest BCUT2D eigenvalue weighted by Gasteiger charge is -2.07. The van der Waals surface area contributed by atoms with Gasteiger partial charge in [-0.3, -0.25) is 4.79 Å². The first-order valence-corrected chi connectivity index (χ1v) is 7.15. The molecular weight excluding hydrogens is 339 g/mol. The van der Waals surface area contributed by atoms with Gasteiger partial charge >= 0.3 is 5.97 Å². The van der Waals surface area contributed by atoms with E-state index in [4.69, 9.17) is 33.0 Å². The summed E-state index contributed by atoms with van der Waals surface area (Å²) in [5.74, 6) is -1.04. The molecule has 0 aromatic carbocycles. The van der Waals surface area contributed by atoms with Gasteiger partial charge in [-0.05, 0) is 6.07 Å². The zero-order chi connectivity index (χ0) is 15.4. The second kappa shape index (κ2) is 6.75. The summed E-state index contributed by atoms with van der Waals surface area (Å²) in [6, 6.07) is 2.79. The first-order valence-electron chi connectivity index (χ1n) is 5.51. The number of hydrogen-bond donors (Lipinski definition) is 2. The number of carboxylic acids is 1. The predicted molar refractivity (Wildman–Crippen MR) is 79.7 cm³/mol. The molecule has 0 radical (unpaired) electrons. The van der Waals surface area contributed by atoms with Gasteiger partial charge in [-0.2, -0.15) is 0 Å². The van der Waals surface area contributed by atoms with Crippen LogP contribution in [0.15, 0.2) is 23.7 Å². The fraction of sp³-hybridized carbons (Fsp3) is 0.0833. The van der Waals surface area contributed by atoms with E-state index in [-0.39, 0.29) is 22.3 Å². The third-order valence-electron chi connectivity index (χ3n) is 2.22. The molecule has 2 aromatic rings. The van der Waals surface area contributed by atoms with Crippen molar-refractivity contribution in [2.75, 3.05) is 11.9 Å². The Kier molecular flexibility index (Phi) is 5.00. The molecule has 2 heterocycles. The molecule has 110 valence electrons. The number of hydrogen-bond acceptors (Lipinski definition) is 5. The number of nitrogens with one attached hydrogen (secondary N) is 1. The van der Waals surface area contributed by atoms with E-state index in [1.54, 1.807) is 0 Å². The van der Waals surface area contributed by atoms with E-state index >= 15 is 0 Å². The number of aromatic carboxylic acids is 1. The summed E-state index contributed by atoms with van der Waals surface area (Å²) in [5.41, 5.74) is 0. The topological polar surface area (TPSA) is 88.5 Å². The SMILES string of the molecule is O=C(COc1csc(C(=O)O)c1)Nc1ncc(Cl)cc1Cl. The number of halogens is 2. The molecule has 0 bridgehead atoms. The lowest BCUT2D eigenvalue weighted by atomic mass is 10.4. The smallest absolute Gasteiger partial charge is 0.346 e. The molecule has 0 aliphatic heterocycles. The van der Waals surface area contributed by atoms with Crippen LogP contribution in [0.5, 0.6) is 5.75 Å². The van der Waals surface area contributed by atoms with Crippen LogP contribution in [-0.4, -0.2) is 28.6 Å². The van der Waals surface area contributed by atoms with Gasteiger partial charge < -0.3 is 15.2 Å². The van der Waals surface area contributed by atoms with E-state index in [9.17, 15) is 9.59 Å². The van der Waals surface area contributed by atoms with Crippen molar-refractivity contribution in [3.63, 3.8) is 0 Å². The Bertz CT molecular complexity index is 690. The van der Waals surface area contributed by atoms with E-state index in [0.717, 1.165) is 11.3 Å². The maximum Gasteiger partial charge on any atom is 0.346 e. The first-order chi connectivity index (χ1) is 9.95. The van der Waals surface area contributed by atoms with Gasteiger partial charge in [0.1, 0.15) is 10.6 Å². The number of carbonyl (C=O) groups is 2. The molecule has 0 aliphatic rings. The number of nitrogens with zero attached hydrogens (tertiary/aromatic N) is 1. The second-order valence-electron chi connectivity index (χ2n) is 3.77. The third kappa shape index (κ3) is 4.32. The molecule has 0 saturated carbocycles. The standard InChI is InChI=1S/C12H8Cl2N2O4S/c13-6-1-8(14)11(15-3-6)16-10(17)4-20-7-2-9(12(18)19)21-5-7/h1-3,5H,4H2,(H,18,19)(H,15,16,17). The minimum absolute atomic E-state index is 0.132. The van der Waals surface area contributed by atoms with E-state index in [1.807, 2.05) is 0 Å². The number of aromatic nitrogens is 1. The summed E-state index contributed by atoms with van der Waals surface area (Å²) in [7, 11) is 0. The highest BCUT2D eigenvalue weighted by molar-refractivity contribution is 7.12. The maximum absolute atomic E-state index is 11.7. The minimum atomic E-state index is -1.04. The molecule has 1 amide bonds. The van der Waals surface area contributed by atoms with Crippen LogP contribution in [0.3, 0.4) is 0 Å². The molecule has 9 heteroatoms. The van der Waals surface area contributed by atoms with E-state index < -0.39 is 11.9 Å². The lowest BCUT2D eigenvalue weighted by Crippen LogP contribution is -2.20. The lowest BCUT2D eigenvalue weighted by molar-refractivity contribution is -0.118. The molecule has 2 aromatic heterocycles. The molecule has 0 saturated heterocycles. The molecule has 0 atom stereocenters. The highest BCUT2D eigenvalue weighted by Crippen LogP contribution is 2.23. The normalized spacial score (nSPS) is 10.2. The van der Waals surface area contributed by atoms with Gasteiger partial charge in [0.05, 0.1) is 10.0 Å². The van der Waals surface area contributed by atoms with Gasteiger partial charge in [0.15, 0.2) is 12.4 Å². The van der Waals surface area contributed by atoms with Gasteiger partial charge in [0, 0.05) is 17.6 Å². The highest BCUT2D eigenvalue weighted by atomic mass is 35.5. The van der Waals surface area contributed by atoms with Crippen molar-refractivity contribution in [2.24, 2.45) is 0 Å². The molecule has 0 aliphatic carbocycles. The zero-order valence-corrected chi connectivity index (χ0v) is 12.6. The second-order valence-corrected chi connectivity index (χ2v) is 5.53. The van der Waals surface area contributed by atoms with Crippen molar-refractivity contribution >= 4 is 52.2 Å². The average Bonchev–Trinajstić information content (AvgIpc) is 2.89. The molecule has 6 nitrogen and oxygen atoms in total. The monoisotopic (exact) mass is 346 g/mol. The fourth-order valence-corrected chi connectivity index (χ4v) is 2.42. The Morgan fingerprint density at radius 1 is 1.38 bits per heavy atom. The summed E-state index contributed by atoms with van der Waals surface area (Å²) in [4.78, 5) is 26.4. The van der Waals surface area contributed by atoms with Gasteiger partial charge in [-0.15, -0.1) is 11.3 Å². The van der Waals surface area contributed by atoms with Crippen molar-refractivity contribution in [3.8, 4) is 5.75 Å². The summed E-state index contributed by atoms with van der Waals surface area (Å²) >= 11 is 12.6. The summed E-state index contributed by atoms with van der Waals surface area (Å²) in [6.07, 6.45) is 1.35. The fourth-order valence-electron chi connectivity index (χ4n) is 1.33. The molecule has 0 fully saturated rings. The minimum Gasteiger partial charge on any atom is -0.483 e. The largest absolute Gasteiger partial charge is 0.483 e. The highest BCUT2D eigenvalue weighted by Gasteiger charge is 2.11. The summed E-state index contributed by atoms with van der Waals surface area (Å²) in [6.45, 7) is -0.295. The van der Waals surface area contributed by atoms with Crippen LogP contribution in [-0.2, 0) is 4.79 Å². The Balaban J connectivity index is 1.91. The average molecular weight is 347 g/mol. The van der Waals surface area contributed by atoms with E-state index in [1.165, 1.54) is 23.7 Å². The number of thiophene rings is 1. The predicted octanol–water partition coefficient (Wildman–Crippen LogP) is 3.17. The number of anilines is 1. The number of pyridine rings is 1. The molecule has 2 rings (SSSR count). The number of amides is 1. The Hall–Kier alpha value is -1.83. The number of carbonyl (C=O) groups excluding carboxylic acids is 1. The Labute approximate surface area is 133 Å². The van der Waals surface area contributed by atoms with Crippen molar-refractivity contribution < 1.29 is 19.4 Å². The van der Waals surface area contributed by atoms with Crippen molar-refractivity contribution in [1.29, 1.82) is 0 Å². The first kappa shape index (κ1) is 15.6. The van der Waals surface area contributed by atoms with Crippen LogP contribution in [0, 0.1) is 0 Å². The van der Waals surface area contributed by atoms with Gasteiger partial charge in [-0.25, -0.2) is 9.78 Å². The third-order valence-corrected chi connectivity index (χ3v) is 3.61. The van der Waals surface area contributed by atoms with E-state index in [2.05, 4.69) is 10.3 Å². The molecule has 2 N–H and O–H groups in total. The van der Waals surface area contributed by atoms with Crippen LogP contribution in [0.4, 0.5) is 5.82 Å². The molecule has 0 unspecified atom stereocenters. The van der Waals surface area contributed by atoms with Crippen LogP contribution >= 0.6 is 34.5 Å². The van der Waals surface area contributed by atoms with Crippen LogP contribution < -0.4 is 10.1 Å². The quantitative estimate of drug-likeness (QED) is 0.867. The van der Waals surface area contributed by atoms with Gasteiger partial charge in [0.25, 0.3) is 5.91 Å². The van der Waals surface area contributed by atoms with Gasteiger partial charge in [0.2, 0.25) is 0 Å². The molecular formula is C12H8Cl2N2O4S.